The number of nitrogens with one attached hydrogen (secondary N) is 1. The van der Waals surface area contributed by atoms with E-state index in [0.717, 1.165) is 26.9 Å². The summed E-state index contributed by atoms with van der Waals surface area (Å²) in [7, 11) is 0. The molecule has 0 atom stereocenters. The first-order valence-electron chi connectivity index (χ1n) is 8.56. The zero-order valence-corrected chi connectivity index (χ0v) is 15.2. The number of fused-ring (bicyclic) bond motifs is 1. The number of aliphatic carboxylic acids is 1. The number of hydrogen-bond acceptors (Lipinski definition) is 5. The molecule has 2 aromatic carbocycles. The van der Waals surface area contributed by atoms with Crippen molar-refractivity contribution >= 4 is 33.3 Å². The van der Waals surface area contributed by atoms with Gasteiger partial charge in [0.05, 0.1) is 11.8 Å². The van der Waals surface area contributed by atoms with Gasteiger partial charge >= 0.3 is 5.97 Å². The predicted molar refractivity (Wildman–Crippen MR) is 109 cm³/mol. The molecule has 0 radical (unpaired) electrons. The summed E-state index contributed by atoms with van der Waals surface area (Å²) in [6.45, 7) is 0.323. The molecule has 134 valence electrons. The summed E-state index contributed by atoms with van der Waals surface area (Å²) < 4.78 is 0. The van der Waals surface area contributed by atoms with E-state index in [0.29, 0.717) is 12.4 Å². The average Bonchev–Trinajstić information content (AvgIpc) is 3.14. The quantitative estimate of drug-likeness (QED) is 0.501. The highest BCUT2D eigenvalue weighted by atomic mass is 32.1. The van der Waals surface area contributed by atoms with Gasteiger partial charge in [0.15, 0.2) is 0 Å². The molecule has 2 aromatic heterocycles. The van der Waals surface area contributed by atoms with Crippen molar-refractivity contribution in [3.8, 4) is 22.3 Å². The molecule has 0 saturated heterocycles. The molecule has 0 aliphatic heterocycles. The van der Waals surface area contributed by atoms with Gasteiger partial charge < -0.3 is 10.4 Å². The number of anilines is 1. The lowest BCUT2D eigenvalue weighted by Crippen LogP contribution is -2.09. The molecule has 0 unspecified atom stereocenters. The summed E-state index contributed by atoms with van der Waals surface area (Å²) in [5.41, 5.74) is 4.47. The molecule has 0 spiro atoms. The molecular formula is C21H17N3O2S. The number of nitrogens with zero attached hydrogens (tertiary/aromatic N) is 2. The van der Waals surface area contributed by atoms with Crippen molar-refractivity contribution in [3.05, 3.63) is 66.3 Å². The number of rotatable bonds is 6. The maximum Gasteiger partial charge on any atom is 0.305 e. The third kappa shape index (κ3) is 3.66. The van der Waals surface area contributed by atoms with Crippen LogP contribution in [0.25, 0.3) is 32.5 Å². The Bertz CT molecular complexity index is 1080. The first-order valence-corrected chi connectivity index (χ1v) is 9.44. The van der Waals surface area contributed by atoms with Crippen molar-refractivity contribution in [1.82, 2.24) is 9.97 Å². The van der Waals surface area contributed by atoms with Crippen molar-refractivity contribution in [2.45, 2.75) is 6.42 Å². The average molecular weight is 375 g/mol. The molecule has 27 heavy (non-hydrogen) atoms. The fourth-order valence-corrected chi connectivity index (χ4v) is 3.90. The van der Waals surface area contributed by atoms with E-state index in [-0.39, 0.29) is 6.42 Å². The van der Waals surface area contributed by atoms with Crippen LogP contribution in [0.5, 0.6) is 0 Å². The monoisotopic (exact) mass is 375 g/mol. The lowest BCUT2D eigenvalue weighted by atomic mass is 10.0. The topological polar surface area (TPSA) is 75.1 Å². The Morgan fingerprint density at radius 3 is 2.41 bits per heavy atom. The van der Waals surface area contributed by atoms with Crippen LogP contribution in [0.3, 0.4) is 0 Å². The van der Waals surface area contributed by atoms with Crippen LogP contribution in [-0.4, -0.2) is 27.6 Å². The van der Waals surface area contributed by atoms with Crippen molar-refractivity contribution in [3.63, 3.8) is 0 Å². The number of hydrogen-bond donors (Lipinski definition) is 2. The maximum absolute atomic E-state index is 10.8. The van der Waals surface area contributed by atoms with E-state index in [1.165, 1.54) is 11.9 Å². The van der Waals surface area contributed by atoms with Gasteiger partial charge in [-0.05, 0) is 16.7 Å². The molecule has 0 amide bonds. The van der Waals surface area contributed by atoms with Gasteiger partial charge in [0.25, 0.3) is 0 Å². The summed E-state index contributed by atoms with van der Waals surface area (Å²) in [6, 6.07) is 18.7. The Hall–Kier alpha value is -3.25. The minimum absolute atomic E-state index is 0.0384. The van der Waals surface area contributed by atoms with Gasteiger partial charge in [-0.2, -0.15) is 0 Å². The standard InChI is InChI=1S/C21H17N3O2S/c25-18(26)10-11-22-20-19-17(12-27-21(19)24-13-23-20)16-8-6-15(7-9-16)14-4-2-1-3-5-14/h1-9,12-13H,10-11H2,(H,25,26)(H,22,23,24). The largest absolute Gasteiger partial charge is 0.481 e. The van der Waals surface area contributed by atoms with E-state index in [4.69, 9.17) is 5.11 Å². The third-order valence-electron chi connectivity index (χ3n) is 4.30. The zero-order chi connectivity index (χ0) is 18.6. The first-order chi connectivity index (χ1) is 13.2. The first kappa shape index (κ1) is 17.2. The lowest BCUT2D eigenvalue weighted by molar-refractivity contribution is -0.136. The van der Waals surface area contributed by atoms with Crippen LogP contribution in [-0.2, 0) is 4.79 Å². The van der Waals surface area contributed by atoms with Gasteiger partial charge in [-0.15, -0.1) is 11.3 Å². The fourth-order valence-electron chi connectivity index (χ4n) is 2.98. The van der Waals surface area contributed by atoms with E-state index < -0.39 is 5.97 Å². The normalized spacial score (nSPS) is 10.8. The molecule has 0 aliphatic rings. The van der Waals surface area contributed by atoms with Crippen LogP contribution >= 0.6 is 11.3 Å². The summed E-state index contributed by atoms with van der Waals surface area (Å²) in [5, 5.41) is 15.0. The Morgan fingerprint density at radius 1 is 0.963 bits per heavy atom. The smallest absolute Gasteiger partial charge is 0.305 e. The van der Waals surface area contributed by atoms with Gasteiger partial charge in [-0.1, -0.05) is 54.6 Å². The lowest BCUT2D eigenvalue weighted by Gasteiger charge is -2.08. The van der Waals surface area contributed by atoms with Gasteiger partial charge in [0.2, 0.25) is 0 Å². The fraction of sp³-hybridized carbons (Fsp3) is 0.0952. The number of carboxylic acid groups (broad SMARTS) is 1. The third-order valence-corrected chi connectivity index (χ3v) is 5.19. The second-order valence-corrected chi connectivity index (χ2v) is 6.92. The predicted octanol–water partition coefficient (Wildman–Crippen LogP) is 4.91. The number of carbonyl (C=O) groups is 1. The highest BCUT2D eigenvalue weighted by Gasteiger charge is 2.13. The highest BCUT2D eigenvalue weighted by Crippen LogP contribution is 2.37. The molecule has 0 saturated carbocycles. The van der Waals surface area contributed by atoms with E-state index in [9.17, 15) is 4.79 Å². The highest BCUT2D eigenvalue weighted by molar-refractivity contribution is 7.17. The van der Waals surface area contributed by atoms with Crippen molar-refractivity contribution in [2.24, 2.45) is 0 Å². The Morgan fingerprint density at radius 2 is 1.67 bits per heavy atom. The van der Waals surface area contributed by atoms with Crippen molar-refractivity contribution < 1.29 is 9.90 Å². The molecule has 0 bridgehead atoms. The molecular weight excluding hydrogens is 358 g/mol. The minimum Gasteiger partial charge on any atom is -0.481 e. The summed E-state index contributed by atoms with van der Waals surface area (Å²) in [4.78, 5) is 20.3. The molecule has 2 N–H and O–H groups in total. The van der Waals surface area contributed by atoms with Crippen molar-refractivity contribution in [2.75, 3.05) is 11.9 Å². The number of carboxylic acids is 1. The second-order valence-electron chi connectivity index (χ2n) is 6.07. The Balaban J connectivity index is 1.68. The van der Waals surface area contributed by atoms with Crippen LogP contribution in [0, 0.1) is 0 Å². The van der Waals surface area contributed by atoms with Crippen LogP contribution in [0.2, 0.25) is 0 Å². The Kier molecular flexibility index (Phi) is 4.80. The van der Waals surface area contributed by atoms with Crippen molar-refractivity contribution in [1.29, 1.82) is 0 Å². The number of aromatic nitrogens is 2. The van der Waals surface area contributed by atoms with E-state index in [2.05, 4.69) is 57.1 Å². The van der Waals surface area contributed by atoms with Gasteiger partial charge in [-0.25, -0.2) is 9.97 Å². The number of benzene rings is 2. The van der Waals surface area contributed by atoms with Crippen LogP contribution in [0.15, 0.2) is 66.3 Å². The van der Waals surface area contributed by atoms with Gasteiger partial charge in [-0.3, -0.25) is 4.79 Å². The summed E-state index contributed by atoms with van der Waals surface area (Å²) >= 11 is 1.56. The van der Waals surface area contributed by atoms with Crippen LogP contribution in [0.4, 0.5) is 5.82 Å². The molecule has 0 fully saturated rings. The minimum atomic E-state index is -0.838. The van der Waals surface area contributed by atoms with Gasteiger partial charge in [0.1, 0.15) is 17.0 Å². The molecule has 4 rings (SSSR count). The second kappa shape index (κ2) is 7.55. The molecule has 6 heteroatoms. The number of thiophene rings is 1. The molecule has 0 aliphatic carbocycles. The zero-order valence-electron chi connectivity index (χ0n) is 14.4. The molecule has 4 aromatic rings. The van der Waals surface area contributed by atoms with Gasteiger partial charge in [0, 0.05) is 17.5 Å². The van der Waals surface area contributed by atoms with Crippen LogP contribution in [0.1, 0.15) is 6.42 Å². The molecule has 5 nitrogen and oxygen atoms in total. The summed E-state index contributed by atoms with van der Waals surface area (Å²) in [5.74, 6) is -0.167. The van der Waals surface area contributed by atoms with Crippen LogP contribution < -0.4 is 5.32 Å². The Labute approximate surface area is 160 Å². The SMILES string of the molecule is O=C(O)CCNc1ncnc2scc(-c3ccc(-c4ccccc4)cc3)c12. The maximum atomic E-state index is 10.8. The van der Waals surface area contributed by atoms with E-state index >= 15 is 0 Å². The van der Waals surface area contributed by atoms with E-state index in [1.807, 2.05) is 18.2 Å². The summed E-state index contributed by atoms with van der Waals surface area (Å²) in [6.07, 6.45) is 1.54. The molecule has 2 heterocycles. The van der Waals surface area contributed by atoms with E-state index in [1.54, 1.807) is 11.3 Å².